The molecule has 0 aromatic heterocycles. The maximum Gasteiger partial charge on any atom is 0.409 e. The van der Waals surface area contributed by atoms with Gasteiger partial charge in [0.2, 0.25) is 0 Å². The van der Waals surface area contributed by atoms with Crippen molar-refractivity contribution in [3.63, 3.8) is 0 Å². The number of methoxy groups -OCH3 is 1. The van der Waals surface area contributed by atoms with Crippen LogP contribution in [0, 0.1) is 0 Å². The number of ether oxygens (including phenoxy) is 2. The first-order valence-electron chi connectivity index (χ1n) is 7.54. The van der Waals surface area contributed by atoms with Crippen LogP contribution >= 0.6 is 0 Å². The minimum absolute atomic E-state index is 0.227. The fourth-order valence-electron chi connectivity index (χ4n) is 2.33. The number of carbonyl (C=O) groups is 2. The van der Waals surface area contributed by atoms with E-state index in [1.165, 1.54) is 7.11 Å². The standard InChI is InChI=1S/C15H26N2O4/c1-4-12(14(18)20-3)6-9-16-13-7-10-17(11-8-13)15(19)21-5-2/h6,13,16H,4-5,7-11H2,1-3H3/b12-6-. The van der Waals surface area contributed by atoms with Gasteiger partial charge in [-0.25, -0.2) is 9.59 Å². The van der Waals surface area contributed by atoms with Crippen LogP contribution in [0.5, 0.6) is 0 Å². The number of likely N-dealkylation sites (tertiary alicyclic amines) is 1. The summed E-state index contributed by atoms with van der Waals surface area (Å²) in [5.74, 6) is -0.267. The van der Waals surface area contributed by atoms with Crippen molar-refractivity contribution in [2.24, 2.45) is 0 Å². The maximum atomic E-state index is 11.6. The van der Waals surface area contributed by atoms with E-state index in [1.807, 2.05) is 19.9 Å². The van der Waals surface area contributed by atoms with E-state index in [2.05, 4.69) is 5.32 Å². The Balaban J connectivity index is 2.31. The summed E-state index contributed by atoms with van der Waals surface area (Å²) in [6, 6.07) is 0.364. The van der Waals surface area contributed by atoms with Gasteiger partial charge in [-0.3, -0.25) is 0 Å². The van der Waals surface area contributed by atoms with Gasteiger partial charge in [0.1, 0.15) is 0 Å². The predicted molar refractivity (Wildman–Crippen MR) is 80.0 cm³/mol. The van der Waals surface area contributed by atoms with Crippen LogP contribution in [0.3, 0.4) is 0 Å². The first-order chi connectivity index (χ1) is 10.1. The minimum atomic E-state index is -0.267. The Morgan fingerprint density at radius 3 is 2.48 bits per heavy atom. The van der Waals surface area contributed by atoms with Crippen LogP contribution in [0.2, 0.25) is 0 Å². The Bertz CT molecular complexity index is 374. The normalized spacial score (nSPS) is 16.7. The third-order valence-corrected chi connectivity index (χ3v) is 3.60. The van der Waals surface area contributed by atoms with Crippen LogP contribution in [-0.4, -0.2) is 56.4 Å². The molecule has 0 aromatic carbocycles. The fraction of sp³-hybridized carbons (Fsp3) is 0.733. The summed E-state index contributed by atoms with van der Waals surface area (Å²) in [5.41, 5.74) is 0.689. The molecule has 0 radical (unpaired) electrons. The Morgan fingerprint density at radius 1 is 1.29 bits per heavy atom. The number of esters is 1. The van der Waals surface area contributed by atoms with E-state index in [-0.39, 0.29) is 12.1 Å². The number of piperidine rings is 1. The molecule has 6 nitrogen and oxygen atoms in total. The average Bonchev–Trinajstić information content (AvgIpc) is 2.51. The Labute approximate surface area is 126 Å². The number of carbonyl (C=O) groups excluding carboxylic acids is 2. The van der Waals surface area contributed by atoms with E-state index in [1.54, 1.807) is 4.90 Å². The second kappa shape index (κ2) is 9.39. The quantitative estimate of drug-likeness (QED) is 0.597. The highest BCUT2D eigenvalue weighted by atomic mass is 16.6. The molecule has 1 amide bonds. The lowest BCUT2D eigenvalue weighted by Gasteiger charge is -2.31. The second-order valence-electron chi connectivity index (χ2n) is 4.94. The lowest BCUT2D eigenvalue weighted by Crippen LogP contribution is -2.45. The number of rotatable bonds is 6. The summed E-state index contributed by atoms with van der Waals surface area (Å²) in [6.45, 7) is 6.21. The highest BCUT2D eigenvalue weighted by Crippen LogP contribution is 2.11. The van der Waals surface area contributed by atoms with E-state index in [9.17, 15) is 9.59 Å². The van der Waals surface area contributed by atoms with Gasteiger partial charge in [0.15, 0.2) is 0 Å². The second-order valence-corrected chi connectivity index (χ2v) is 4.94. The van der Waals surface area contributed by atoms with E-state index >= 15 is 0 Å². The van der Waals surface area contributed by atoms with Crippen molar-refractivity contribution in [2.75, 3.05) is 33.4 Å². The van der Waals surface area contributed by atoms with Crippen LogP contribution in [0.1, 0.15) is 33.1 Å². The number of nitrogens with zero attached hydrogens (tertiary/aromatic N) is 1. The van der Waals surface area contributed by atoms with Crippen molar-refractivity contribution in [1.29, 1.82) is 0 Å². The van der Waals surface area contributed by atoms with Gasteiger partial charge >= 0.3 is 12.1 Å². The van der Waals surface area contributed by atoms with Crippen molar-refractivity contribution < 1.29 is 19.1 Å². The molecule has 0 spiro atoms. The lowest BCUT2D eigenvalue weighted by atomic mass is 10.1. The number of amides is 1. The average molecular weight is 298 g/mol. The molecule has 0 saturated carbocycles. The van der Waals surface area contributed by atoms with Crippen molar-refractivity contribution in [1.82, 2.24) is 10.2 Å². The lowest BCUT2D eigenvalue weighted by molar-refractivity contribution is -0.136. The smallest absolute Gasteiger partial charge is 0.409 e. The minimum Gasteiger partial charge on any atom is -0.466 e. The van der Waals surface area contributed by atoms with Crippen LogP contribution in [0.4, 0.5) is 4.79 Å². The Hall–Kier alpha value is -1.56. The van der Waals surface area contributed by atoms with Gasteiger partial charge in [-0.1, -0.05) is 13.0 Å². The zero-order valence-electron chi connectivity index (χ0n) is 13.2. The number of nitrogens with one attached hydrogen (secondary N) is 1. The Morgan fingerprint density at radius 2 is 1.95 bits per heavy atom. The third kappa shape index (κ3) is 5.75. The largest absolute Gasteiger partial charge is 0.466 e. The molecule has 6 heteroatoms. The van der Waals surface area contributed by atoms with Crippen LogP contribution in [0.25, 0.3) is 0 Å². The predicted octanol–water partition coefficient (Wildman–Crippen LogP) is 1.71. The van der Waals surface area contributed by atoms with E-state index in [0.29, 0.717) is 44.3 Å². The molecule has 120 valence electrons. The first-order valence-corrected chi connectivity index (χ1v) is 7.54. The molecule has 1 aliphatic rings. The van der Waals surface area contributed by atoms with Gasteiger partial charge in [-0.05, 0) is 26.2 Å². The molecule has 1 N–H and O–H groups in total. The molecule has 0 aliphatic carbocycles. The zero-order chi connectivity index (χ0) is 15.7. The van der Waals surface area contributed by atoms with Crippen molar-refractivity contribution in [3.8, 4) is 0 Å². The molecular weight excluding hydrogens is 272 g/mol. The molecule has 1 saturated heterocycles. The van der Waals surface area contributed by atoms with Gasteiger partial charge in [0, 0.05) is 31.2 Å². The molecule has 0 bridgehead atoms. The summed E-state index contributed by atoms with van der Waals surface area (Å²) >= 11 is 0. The van der Waals surface area contributed by atoms with E-state index < -0.39 is 0 Å². The molecule has 0 atom stereocenters. The van der Waals surface area contributed by atoms with Crippen molar-refractivity contribution in [3.05, 3.63) is 11.6 Å². The highest BCUT2D eigenvalue weighted by Gasteiger charge is 2.22. The summed E-state index contributed by atoms with van der Waals surface area (Å²) in [6.07, 6.45) is 4.10. The number of hydrogen-bond acceptors (Lipinski definition) is 5. The van der Waals surface area contributed by atoms with Gasteiger partial charge in [0.25, 0.3) is 0 Å². The molecule has 0 unspecified atom stereocenters. The first kappa shape index (κ1) is 17.5. The summed E-state index contributed by atoms with van der Waals surface area (Å²) in [5, 5.41) is 3.39. The van der Waals surface area contributed by atoms with E-state index in [0.717, 1.165) is 12.8 Å². The molecule has 21 heavy (non-hydrogen) atoms. The molecular formula is C15H26N2O4. The molecule has 1 heterocycles. The van der Waals surface area contributed by atoms with Crippen LogP contribution < -0.4 is 5.32 Å². The van der Waals surface area contributed by atoms with Crippen molar-refractivity contribution in [2.45, 2.75) is 39.2 Å². The Kier molecular flexibility index (Phi) is 7.82. The van der Waals surface area contributed by atoms with Gasteiger partial charge in [-0.15, -0.1) is 0 Å². The fourth-order valence-corrected chi connectivity index (χ4v) is 2.33. The zero-order valence-corrected chi connectivity index (χ0v) is 13.2. The molecule has 1 rings (SSSR count). The van der Waals surface area contributed by atoms with Crippen molar-refractivity contribution >= 4 is 12.1 Å². The van der Waals surface area contributed by atoms with Crippen LogP contribution in [0.15, 0.2) is 11.6 Å². The van der Waals surface area contributed by atoms with Crippen LogP contribution in [-0.2, 0) is 14.3 Å². The third-order valence-electron chi connectivity index (χ3n) is 3.60. The molecule has 1 aliphatic heterocycles. The SMILES string of the molecule is CCOC(=O)N1CCC(NC/C=C(/CC)C(=O)OC)CC1. The van der Waals surface area contributed by atoms with Gasteiger partial charge < -0.3 is 19.7 Å². The van der Waals surface area contributed by atoms with Gasteiger partial charge in [0.05, 0.1) is 13.7 Å². The number of hydrogen-bond donors (Lipinski definition) is 1. The van der Waals surface area contributed by atoms with Gasteiger partial charge in [-0.2, -0.15) is 0 Å². The summed E-state index contributed by atoms with van der Waals surface area (Å²) in [7, 11) is 1.39. The summed E-state index contributed by atoms with van der Waals surface area (Å²) in [4.78, 5) is 24.7. The highest BCUT2D eigenvalue weighted by molar-refractivity contribution is 5.88. The summed E-state index contributed by atoms with van der Waals surface area (Å²) < 4.78 is 9.70. The molecule has 0 aromatic rings. The monoisotopic (exact) mass is 298 g/mol. The topological polar surface area (TPSA) is 67.9 Å². The maximum absolute atomic E-state index is 11.6. The van der Waals surface area contributed by atoms with E-state index in [4.69, 9.17) is 9.47 Å². The molecule has 1 fully saturated rings.